The molecule has 1 fully saturated rings. The molecule has 2 rings (SSSR count). The number of hydrogen-bond acceptors (Lipinski definition) is 2. The minimum Gasteiger partial charge on any atom is -0.493 e. The second-order valence-corrected chi connectivity index (χ2v) is 5.58. The van der Waals surface area contributed by atoms with E-state index in [0.29, 0.717) is 12.8 Å². The maximum absolute atomic E-state index is 13.5. The van der Waals surface area contributed by atoms with E-state index in [2.05, 4.69) is 0 Å². The van der Waals surface area contributed by atoms with E-state index < -0.39 is 23.8 Å². The molecule has 0 radical (unpaired) electrons. The van der Waals surface area contributed by atoms with Crippen LogP contribution in [0.3, 0.4) is 0 Å². The average molecular weight is 319 g/mol. The molecular formula is C15H17F4NO2. The molecule has 1 aliphatic rings. The zero-order valence-corrected chi connectivity index (χ0v) is 11.8. The molecule has 122 valence electrons. The third-order valence-electron chi connectivity index (χ3n) is 4.00. The van der Waals surface area contributed by atoms with Crippen molar-refractivity contribution in [3.8, 4) is 5.75 Å². The summed E-state index contributed by atoms with van der Waals surface area (Å²) in [7, 11) is 0. The molecule has 1 saturated carbocycles. The number of amides is 1. The fraction of sp³-hybridized carbons (Fsp3) is 0.533. The van der Waals surface area contributed by atoms with Gasteiger partial charge in [-0.2, -0.15) is 13.2 Å². The second kappa shape index (κ2) is 6.54. The molecule has 1 amide bonds. The molecule has 0 spiro atoms. The maximum Gasteiger partial charge on any atom is 0.391 e. The number of carbonyl (C=O) groups excluding carboxylic acids is 1. The van der Waals surface area contributed by atoms with E-state index in [1.165, 1.54) is 12.1 Å². The van der Waals surface area contributed by atoms with Crippen LogP contribution >= 0.6 is 0 Å². The van der Waals surface area contributed by atoms with Crippen molar-refractivity contribution in [1.82, 2.24) is 0 Å². The lowest BCUT2D eigenvalue weighted by molar-refractivity contribution is -0.184. The number of benzene rings is 1. The van der Waals surface area contributed by atoms with Gasteiger partial charge in [0.1, 0.15) is 11.6 Å². The quantitative estimate of drug-likeness (QED) is 0.861. The molecule has 0 aromatic heterocycles. The Morgan fingerprint density at radius 1 is 1.23 bits per heavy atom. The first-order valence-corrected chi connectivity index (χ1v) is 7.06. The van der Waals surface area contributed by atoms with Crippen molar-refractivity contribution < 1.29 is 27.1 Å². The van der Waals surface area contributed by atoms with E-state index in [9.17, 15) is 22.4 Å². The van der Waals surface area contributed by atoms with Crippen molar-refractivity contribution in [3.05, 3.63) is 29.6 Å². The molecule has 1 aromatic carbocycles. The Balaban J connectivity index is 1.85. The predicted molar refractivity (Wildman–Crippen MR) is 71.9 cm³/mol. The highest BCUT2D eigenvalue weighted by Crippen LogP contribution is 2.39. The summed E-state index contributed by atoms with van der Waals surface area (Å²) in [5.41, 5.74) is 4.77. The Morgan fingerprint density at radius 2 is 1.86 bits per heavy atom. The molecule has 0 atom stereocenters. The van der Waals surface area contributed by atoms with Crippen LogP contribution in [0, 0.1) is 17.7 Å². The third kappa shape index (κ3) is 4.11. The monoisotopic (exact) mass is 319 g/mol. The van der Waals surface area contributed by atoms with Crippen molar-refractivity contribution in [2.75, 3.05) is 6.61 Å². The summed E-state index contributed by atoms with van der Waals surface area (Å²) in [4.78, 5) is 10.9. The third-order valence-corrected chi connectivity index (χ3v) is 4.00. The number of nitrogens with two attached hydrogens (primary N) is 1. The van der Waals surface area contributed by atoms with Gasteiger partial charge in [0.25, 0.3) is 5.91 Å². The first kappa shape index (κ1) is 16.6. The van der Waals surface area contributed by atoms with Gasteiger partial charge >= 0.3 is 6.18 Å². The van der Waals surface area contributed by atoms with Crippen LogP contribution in [0.15, 0.2) is 18.2 Å². The molecule has 1 aromatic rings. The van der Waals surface area contributed by atoms with Crippen LogP contribution in [-0.2, 0) is 0 Å². The molecule has 0 heterocycles. The van der Waals surface area contributed by atoms with Gasteiger partial charge in [0.05, 0.1) is 18.1 Å². The lowest BCUT2D eigenvalue weighted by Crippen LogP contribution is -2.29. The lowest BCUT2D eigenvalue weighted by atomic mass is 9.82. The molecule has 2 N–H and O–H groups in total. The Bertz CT molecular complexity index is 537. The van der Waals surface area contributed by atoms with E-state index in [1.54, 1.807) is 0 Å². The van der Waals surface area contributed by atoms with Gasteiger partial charge in [-0.05, 0) is 43.7 Å². The topological polar surface area (TPSA) is 52.3 Å². The predicted octanol–water partition coefficient (Wildman–Crippen LogP) is 3.67. The molecule has 0 unspecified atom stereocenters. The van der Waals surface area contributed by atoms with E-state index in [-0.39, 0.29) is 36.7 Å². The van der Waals surface area contributed by atoms with Gasteiger partial charge < -0.3 is 10.5 Å². The summed E-state index contributed by atoms with van der Waals surface area (Å²) >= 11 is 0. The highest BCUT2D eigenvalue weighted by molar-refractivity contribution is 5.93. The van der Waals surface area contributed by atoms with Gasteiger partial charge in [0.15, 0.2) is 0 Å². The van der Waals surface area contributed by atoms with E-state index >= 15 is 0 Å². The molecule has 0 saturated heterocycles. The molecule has 22 heavy (non-hydrogen) atoms. The van der Waals surface area contributed by atoms with Gasteiger partial charge in [0, 0.05) is 6.07 Å². The van der Waals surface area contributed by atoms with Gasteiger partial charge in [-0.3, -0.25) is 4.79 Å². The van der Waals surface area contributed by atoms with E-state index in [4.69, 9.17) is 10.5 Å². The summed E-state index contributed by atoms with van der Waals surface area (Å²) in [6.07, 6.45) is -3.05. The number of primary amides is 1. The summed E-state index contributed by atoms with van der Waals surface area (Å²) in [5.74, 6) is -2.60. The Kier molecular flexibility index (Phi) is 4.93. The SMILES string of the molecule is NC(=O)c1ccc(OCC2CCC(C(F)(F)F)CC2)cc1F. The highest BCUT2D eigenvalue weighted by Gasteiger charge is 2.41. The summed E-state index contributed by atoms with van der Waals surface area (Å²) in [6.45, 7) is 0.236. The Hall–Kier alpha value is -1.79. The molecule has 1 aliphatic carbocycles. The van der Waals surface area contributed by atoms with Crippen LogP contribution in [0.2, 0.25) is 0 Å². The van der Waals surface area contributed by atoms with Crippen molar-refractivity contribution in [1.29, 1.82) is 0 Å². The normalized spacial score (nSPS) is 22.4. The van der Waals surface area contributed by atoms with Crippen LogP contribution in [0.1, 0.15) is 36.0 Å². The zero-order valence-electron chi connectivity index (χ0n) is 11.8. The minimum atomic E-state index is -4.13. The maximum atomic E-state index is 13.5. The fourth-order valence-corrected chi connectivity index (χ4v) is 2.66. The van der Waals surface area contributed by atoms with Gasteiger partial charge in [-0.1, -0.05) is 0 Å². The zero-order chi connectivity index (χ0) is 16.3. The van der Waals surface area contributed by atoms with Gasteiger partial charge in [-0.15, -0.1) is 0 Å². The van der Waals surface area contributed by atoms with E-state index in [0.717, 1.165) is 6.07 Å². The van der Waals surface area contributed by atoms with Crippen LogP contribution in [0.5, 0.6) is 5.75 Å². The number of carbonyl (C=O) groups is 1. The van der Waals surface area contributed by atoms with Crippen molar-refractivity contribution in [2.24, 2.45) is 17.6 Å². The van der Waals surface area contributed by atoms with Gasteiger partial charge in [-0.25, -0.2) is 4.39 Å². The number of ether oxygens (including phenoxy) is 1. The van der Waals surface area contributed by atoms with Crippen molar-refractivity contribution >= 4 is 5.91 Å². The van der Waals surface area contributed by atoms with E-state index in [1.807, 2.05) is 0 Å². The van der Waals surface area contributed by atoms with Crippen LogP contribution in [0.25, 0.3) is 0 Å². The Labute approximate surface area is 125 Å². The first-order chi connectivity index (χ1) is 10.3. The number of halogens is 4. The Morgan fingerprint density at radius 3 is 2.36 bits per heavy atom. The van der Waals surface area contributed by atoms with Gasteiger partial charge in [0.2, 0.25) is 0 Å². The smallest absolute Gasteiger partial charge is 0.391 e. The fourth-order valence-electron chi connectivity index (χ4n) is 2.66. The van der Waals surface area contributed by atoms with Crippen LogP contribution in [0.4, 0.5) is 17.6 Å². The average Bonchev–Trinajstić information content (AvgIpc) is 2.44. The van der Waals surface area contributed by atoms with Crippen molar-refractivity contribution in [3.63, 3.8) is 0 Å². The summed E-state index contributed by atoms with van der Waals surface area (Å²) in [6, 6.07) is 3.71. The first-order valence-electron chi connectivity index (χ1n) is 7.06. The van der Waals surface area contributed by atoms with Crippen LogP contribution in [-0.4, -0.2) is 18.7 Å². The number of alkyl halides is 3. The van der Waals surface area contributed by atoms with Crippen molar-refractivity contribution in [2.45, 2.75) is 31.9 Å². The van der Waals surface area contributed by atoms with Crippen LogP contribution < -0.4 is 10.5 Å². The summed E-state index contributed by atoms with van der Waals surface area (Å²) < 4.78 is 56.6. The summed E-state index contributed by atoms with van der Waals surface area (Å²) in [5, 5.41) is 0. The highest BCUT2D eigenvalue weighted by atomic mass is 19.4. The molecule has 7 heteroatoms. The number of rotatable bonds is 4. The second-order valence-electron chi connectivity index (χ2n) is 5.58. The molecule has 0 bridgehead atoms. The molecule has 3 nitrogen and oxygen atoms in total. The molecule has 0 aliphatic heterocycles. The minimum absolute atomic E-state index is 0.0254. The lowest BCUT2D eigenvalue weighted by Gasteiger charge is -2.29. The number of hydrogen-bond donors (Lipinski definition) is 1. The molecular weight excluding hydrogens is 302 g/mol. The largest absolute Gasteiger partial charge is 0.493 e. The standard InChI is InChI=1S/C15H17F4NO2/c16-13-7-11(5-6-12(13)14(20)21)22-8-9-1-3-10(4-2-9)15(17,18)19/h5-7,9-10H,1-4,8H2,(H2,20,21).